The van der Waals surface area contributed by atoms with Gasteiger partial charge in [0.1, 0.15) is 24.0 Å². The average molecular weight is 234 g/mol. The lowest BCUT2D eigenvalue weighted by molar-refractivity contribution is -0.388. The first kappa shape index (κ1) is 11.0. The molecule has 17 heavy (non-hydrogen) atoms. The summed E-state index contributed by atoms with van der Waals surface area (Å²) in [5.41, 5.74) is 0.349. The van der Waals surface area contributed by atoms with E-state index in [1.165, 1.54) is 12.5 Å². The third-order valence-corrected chi connectivity index (χ3v) is 2.18. The predicted molar refractivity (Wildman–Crippen MR) is 59.3 cm³/mol. The van der Waals surface area contributed by atoms with Crippen molar-refractivity contribution in [3.05, 3.63) is 40.6 Å². The summed E-state index contributed by atoms with van der Waals surface area (Å²) >= 11 is 0. The summed E-state index contributed by atoms with van der Waals surface area (Å²) in [6, 6.07) is 3.00. The highest BCUT2D eigenvalue weighted by molar-refractivity contribution is 5.57. The van der Waals surface area contributed by atoms with Gasteiger partial charge in [0, 0.05) is 0 Å². The molecule has 2 N–H and O–H groups in total. The molecule has 0 saturated carbocycles. The number of pyridine rings is 1. The van der Waals surface area contributed by atoms with Crippen LogP contribution in [-0.4, -0.2) is 25.1 Å². The fourth-order valence-electron chi connectivity index (χ4n) is 1.38. The van der Waals surface area contributed by atoms with Gasteiger partial charge in [-0.1, -0.05) is 0 Å². The van der Waals surface area contributed by atoms with Gasteiger partial charge < -0.3 is 15.4 Å². The molecule has 0 spiro atoms. The molecule has 0 aliphatic carbocycles. The lowest BCUT2D eigenvalue weighted by atomic mass is 10.3. The zero-order chi connectivity index (χ0) is 12.3. The topological polar surface area (TPSA) is 110 Å². The maximum atomic E-state index is 10.8. The smallest absolute Gasteiger partial charge is 0.368 e. The lowest BCUT2D eigenvalue weighted by Gasteiger charge is -2.11. The van der Waals surface area contributed by atoms with E-state index in [2.05, 4.69) is 25.5 Å². The van der Waals surface area contributed by atoms with Crippen molar-refractivity contribution >= 4 is 11.5 Å². The Morgan fingerprint density at radius 1 is 1.53 bits per heavy atom. The summed E-state index contributed by atoms with van der Waals surface area (Å²) in [6.07, 6.45) is 2.76. The van der Waals surface area contributed by atoms with Gasteiger partial charge in [0.25, 0.3) is 0 Å². The molecule has 88 valence electrons. The SMILES string of the molecule is CC(Nc1cccnc1[N+](=O)[O-])c1ncn[nH]1. The van der Waals surface area contributed by atoms with Gasteiger partial charge >= 0.3 is 5.82 Å². The number of aromatic nitrogens is 4. The second-order valence-corrected chi connectivity index (χ2v) is 3.37. The van der Waals surface area contributed by atoms with Crippen LogP contribution < -0.4 is 5.32 Å². The summed E-state index contributed by atoms with van der Waals surface area (Å²) in [5.74, 6) is 0.391. The van der Waals surface area contributed by atoms with E-state index in [4.69, 9.17) is 0 Å². The highest BCUT2D eigenvalue weighted by Gasteiger charge is 2.17. The zero-order valence-electron chi connectivity index (χ0n) is 8.99. The van der Waals surface area contributed by atoms with E-state index in [0.717, 1.165) is 0 Å². The van der Waals surface area contributed by atoms with Crippen LogP contribution in [0.3, 0.4) is 0 Å². The van der Waals surface area contributed by atoms with Gasteiger partial charge in [-0.3, -0.25) is 5.10 Å². The molecule has 0 amide bonds. The van der Waals surface area contributed by atoms with Gasteiger partial charge in [0.15, 0.2) is 0 Å². The van der Waals surface area contributed by atoms with E-state index in [0.29, 0.717) is 11.5 Å². The normalized spacial score (nSPS) is 12.1. The van der Waals surface area contributed by atoms with Crippen LogP contribution in [0, 0.1) is 10.1 Å². The molecule has 0 bridgehead atoms. The molecule has 8 heteroatoms. The predicted octanol–water partition coefficient (Wildman–Crippen LogP) is 1.28. The van der Waals surface area contributed by atoms with Gasteiger partial charge in [0.05, 0.1) is 6.04 Å². The Labute approximate surface area is 96.3 Å². The number of anilines is 1. The lowest BCUT2D eigenvalue weighted by Crippen LogP contribution is -2.10. The molecular weight excluding hydrogens is 224 g/mol. The van der Waals surface area contributed by atoms with Crippen LogP contribution >= 0.6 is 0 Å². The molecule has 2 aromatic rings. The third kappa shape index (κ3) is 2.36. The quantitative estimate of drug-likeness (QED) is 0.609. The summed E-state index contributed by atoms with van der Waals surface area (Å²) in [7, 11) is 0. The Bertz CT molecular complexity index is 512. The Morgan fingerprint density at radius 2 is 2.35 bits per heavy atom. The summed E-state index contributed by atoms with van der Waals surface area (Å²) in [5, 5.41) is 20.1. The van der Waals surface area contributed by atoms with Crippen molar-refractivity contribution in [2.45, 2.75) is 13.0 Å². The second-order valence-electron chi connectivity index (χ2n) is 3.37. The number of H-pyrrole nitrogens is 1. The highest BCUT2D eigenvalue weighted by Crippen LogP contribution is 2.23. The maximum Gasteiger partial charge on any atom is 0.386 e. The van der Waals surface area contributed by atoms with E-state index < -0.39 is 4.92 Å². The first-order chi connectivity index (χ1) is 8.18. The number of nitro groups is 1. The fourth-order valence-corrected chi connectivity index (χ4v) is 1.38. The van der Waals surface area contributed by atoms with E-state index in [1.54, 1.807) is 12.1 Å². The zero-order valence-corrected chi connectivity index (χ0v) is 8.99. The van der Waals surface area contributed by atoms with Crippen LogP contribution in [0.25, 0.3) is 0 Å². The van der Waals surface area contributed by atoms with Gasteiger partial charge in [-0.2, -0.15) is 5.10 Å². The molecule has 0 aromatic carbocycles. The molecule has 0 aliphatic rings. The van der Waals surface area contributed by atoms with Crippen molar-refractivity contribution in [2.24, 2.45) is 0 Å². The number of hydrogen-bond acceptors (Lipinski definition) is 6. The van der Waals surface area contributed by atoms with Gasteiger partial charge in [-0.15, -0.1) is 0 Å². The molecule has 8 nitrogen and oxygen atoms in total. The van der Waals surface area contributed by atoms with Crippen molar-refractivity contribution in [3.63, 3.8) is 0 Å². The van der Waals surface area contributed by atoms with Crippen LogP contribution in [0.1, 0.15) is 18.8 Å². The van der Waals surface area contributed by atoms with Gasteiger partial charge in [-0.05, 0) is 29.0 Å². The van der Waals surface area contributed by atoms with Crippen molar-refractivity contribution < 1.29 is 4.92 Å². The second kappa shape index (κ2) is 4.56. The molecule has 2 rings (SSSR count). The molecule has 2 heterocycles. The number of hydrogen-bond donors (Lipinski definition) is 2. The van der Waals surface area contributed by atoms with E-state index in [1.807, 2.05) is 6.92 Å². The van der Waals surface area contributed by atoms with Crippen LogP contribution in [0.15, 0.2) is 24.7 Å². The molecule has 1 atom stereocenters. The summed E-state index contributed by atoms with van der Waals surface area (Å²) in [4.78, 5) is 17.9. The minimum Gasteiger partial charge on any atom is -0.368 e. The standard InChI is InChI=1S/C9H10N6O2/c1-6(8-11-5-12-14-8)13-7-3-2-4-10-9(7)15(16)17/h2-6,13H,1H3,(H,11,12,14). The van der Waals surface area contributed by atoms with Crippen molar-refractivity contribution in [2.75, 3.05) is 5.32 Å². The number of rotatable bonds is 4. The summed E-state index contributed by atoms with van der Waals surface area (Å²) < 4.78 is 0. The third-order valence-electron chi connectivity index (χ3n) is 2.18. The molecule has 1 unspecified atom stereocenters. The Balaban J connectivity index is 2.21. The highest BCUT2D eigenvalue weighted by atomic mass is 16.6. The molecule has 0 radical (unpaired) electrons. The van der Waals surface area contributed by atoms with E-state index in [-0.39, 0.29) is 11.9 Å². The maximum absolute atomic E-state index is 10.8. The van der Waals surface area contributed by atoms with Crippen LogP contribution in [-0.2, 0) is 0 Å². The minimum atomic E-state index is -0.532. The van der Waals surface area contributed by atoms with Crippen molar-refractivity contribution in [1.82, 2.24) is 20.2 Å². The molecular formula is C9H10N6O2. The van der Waals surface area contributed by atoms with E-state index >= 15 is 0 Å². The van der Waals surface area contributed by atoms with Crippen LogP contribution in [0.5, 0.6) is 0 Å². The summed E-state index contributed by atoms with van der Waals surface area (Å²) in [6.45, 7) is 1.82. The molecule has 0 fully saturated rings. The van der Waals surface area contributed by atoms with Crippen molar-refractivity contribution in [1.29, 1.82) is 0 Å². The van der Waals surface area contributed by atoms with E-state index in [9.17, 15) is 10.1 Å². The monoisotopic (exact) mass is 234 g/mol. The van der Waals surface area contributed by atoms with Crippen molar-refractivity contribution in [3.8, 4) is 0 Å². The van der Waals surface area contributed by atoms with Gasteiger partial charge in [0.2, 0.25) is 0 Å². The van der Waals surface area contributed by atoms with Gasteiger partial charge in [-0.25, -0.2) is 4.98 Å². The first-order valence-corrected chi connectivity index (χ1v) is 4.89. The number of nitrogens with one attached hydrogen (secondary N) is 2. The van der Waals surface area contributed by atoms with Crippen LogP contribution in [0.2, 0.25) is 0 Å². The Hall–Kier alpha value is -2.51. The minimum absolute atomic E-state index is 0.209. The number of nitrogens with zero attached hydrogens (tertiary/aromatic N) is 4. The average Bonchev–Trinajstić information content (AvgIpc) is 2.83. The fraction of sp³-hybridized carbons (Fsp3) is 0.222. The Kier molecular flexibility index (Phi) is 2.95. The molecule has 0 aliphatic heterocycles. The first-order valence-electron chi connectivity index (χ1n) is 4.89. The molecule has 2 aromatic heterocycles. The number of aromatic amines is 1. The van der Waals surface area contributed by atoms with Crippen LogP contribution in [0.4, 0.5) is 11.5 Å². The largest absolute Gasteiger partial charge is 0.386 e. The molecule has 0 saturated heterocycles. The Morgan fingerprint density at radius 3 is 3.00 bits per heavy atom.